The van der Waals surface area contributed by atoms with Crippen LogP contribution in [-0.2, 0) is 11.2 Å². The number of carbonyl (C=O) groups excluding carboxylic acids is 1. The third-order valence-electron chi connectivity index (χ3n) is 4.72. The Morgan fingerprint density at radius 3 is 2.43 bits per heavy atom. The van der Waals surface area contributed by atoms with Gasteiger partial charge < -0.3 is 14.7 Å². The number of halogens is 1. The highest BCUT2D eigenvalue weighted by molar-refractivity contribution is 6.30. The summed E-state index contributed by atoms with van der Waals surface area (Å²) >= 11 is 5.91. The lowest BCUT2D eigenvalue weighted by Crippen LogP contribution is -2.37. The molecule has 0 bridgehead atoms. The first-order valence-electron chi connectivity index (χ1n) is 9.47. The minimum atomic E-state index is -1.06. The number of amides is 1. The fourth-order valence-corrected chi connectivity index (χ4v) is 3.34. The summed E-state index contributed by atoms with van der Waals surface area (Å²) in [6, 6.07) is 22.0. The highest BCUT2D eigenvalue weighted by Gasteiger charge is 2.19. The fraction of sp³-hybridized carbons (Fsp3) is 0.167. The molecule has 0 saturated carbocycles. The molecule has 0 radical (unpaired) electrons. The first-order valence-corrected chi connectivity index (χ1v) is 9.84. The molecule has 3 aromatic carbocycles. The Balaban J connectivity index is 1.83. The molecule has 0 aliphatic rings. The maximum atomic E-state index is 13.1. The van der Waals surface area contributed by atoms with Crippen LogP contribution >= 0.6 is 11.6 Å². The highest BCUT2D eigenvalue weighted by atomic mass is 35.5. The van der Waals surface area contributed by atoms with Crippen molar-refractivity contribution in [2.75, 3.05) is 20.2 Å². The van der Waals surface area contributed by atoms with Crippen molar-refractivity contribution in [1.82, 2.24) is 4.90 Å². The van der Waals surface area contributed by atoms with E-state index in [1.54, 1.807) is 37.4 Å². The largest absolute Gasteiger partial charge is 0.496 e. The van der Waals surface area contributed by atoms with Crippen molar-refractivity contribution >= 4 is 23.5 Å². The second-order valence-electron chi connectivity index (χ2n) is 6.78. The third kappa shape index (κ3) is 5.39. The van der Waals surface area contributed by atoms with Gasteiger partial charge in [0, 0.05) is 22.7 Å². The van der Waals surface area contributed by atoms with Gasteiger partial charge in [-0.1, -0.05) is 54.1 Å². The molecule has 5 nitrogen and oxygen atoms in total. The molecule has 0 spiro atoms. The number of rotatable bonds is 8. The fourth-order valence-electron chi connectivity index (χ4n) is 3.22. The SMILES string of the molecule is COc1ccccc1-c1cccc(C(=O)N(CCc2ccc(Cl)cc2)CC(=O)O)c1. The quantitative estimate of drug-likeness (QED) is 0.566. The number of benzene rings is 3. The molecule has 154 valence electrons. The van der Waals surface area contributed by atoms with Crippen molar-refractivity contribution in [3.63, 3.8) is 0 Å². The Kier molecular flexibility index (Phi) is 7.09. The maximum absolute atomic E-state index is 13.1. The molecule has 1 amide bonds. The van der Waals surface area contributed by atoms with Crippen molar-refractivity contribution < 1.29 is 19.4 Å². The lowest BCUT2D eigenvalue weighted by Gasteiger charge is -2.21. The van der Waals surface area contributed by atoms with E-state index in [0.717, 1.165) is 16.7 Å². The van der Waals surface area contributed by atoms with Crippen molar-refractivity contribution in [2.24, 2.45) is 0 Å². The van der Waals surface area contributed by atoms with Crippen LogP contribution in [0.1, 0.15) is 15.9 Å². The van der Waals surface area contributed by atoms with Gasteiger partial charge in [0.25, 0.3) is 5.91 Å². The first kappa shape index (κ1) is 21.4. The molecule has 0 saturated heterocycles. The molecule has 6 heteroatoms. The van der Waals surface area contributed by atoms with Crippen LogP contribution in [0.15, 0.2) is 72.8 Å². The minimum Gasteiger partial charge on any atom is -0.496 e. The number of ether oxygens (including phenoxy) is 1. The molecule has 0 heterocycles. The Labute approximate surface area is 180 Å². The highest BCUT2D eigenvalue weighted by Crippen LogP contribution is 2.30. The molecule has 0 unspecified atom stereocenters. The smallest absolute Gasteiger partial charge is 0.323 e. The van der Waals surface area contributed by atoms with Crippen LogP contribution in [0.25, 0.3) is 11.1 Å². The van der Waals surface area contributed by atoms with Gasteiger partial charge in [-0.25, -0.2) is 0 Å². The Morgan fingerprint density at radius 2 is 1.73 bits per heavy atom. The van der Waals surface area contributed by atoms with Crippen molar-refractivity contribution in [3.8, 4) is 16.9 Å². The van der Waals surface area contributed by atoms with E-state index in [4.69, 9.17) is 16.3 Å². The summed E-state index contributed by atoms with van der Waals surface area (Å²) in [5.41, 5.74) is 3.09. The number of para-hydroxylation sites is 1. The number of aliphatic carboxylic acids is 1. The van der Waals surface area contributed by atoms with Crippen LogP contribution < -0.4 is 4.74 Å². The molecular formula is C24H22ClNO4. The van der Waals surface area contributed by atoms with Crippen molar-refractivity contribution in [1.29, 1.82) is 0 Å². The number of hydrogen-bond donors (Lipinski definition) is 1. The molecule has 30 heavy (non-hydrogen) atoms. The van der Waals surface area contributed by atoms with Crippen LogP contribution in [0.3, 0.4) is 0 Å². The number of hydrogen-bond acceptors (Lipinski definition) is 3. The van der Waals surface area contributed by atoms with E-state index in [0.29, 0.717) is 22.8 Å². The molecule has 0 fully saturated rings. The molecule has 0 aromatic heterocycles. The van der Waals surface area contributed by atoms with Crippen molar-refractivity contribution in [2.45, 2.75) is 6.42 Å². The summed E-state index contributed by atoms with van der Waals surface area (Å²) in [4.78, 5) is 25.8. The average Bonchev–Trinajstić information content (AvgIpc) is 2.77. The van der Waals surface area contributed by atoms with E-state index in [9.17, 15) is 14.7 Å². The van der Waals surface area contributed by atoms with Gasteiger partial charge in [-0.2, -0.15) is 0 Å². The van der Waals surface area contributed by atoms with Crippen LogP contribution in [0, 0.1) is 0 Å². The topological polar surface area (TPSA) is 66.8 Å². The third-order valence-corrected chi connectivity index (χ3v) is 4.98. The van der Waals surface area contributed by atoms with Crippen LogP contribution in [0.5, 0.6) is 5.75 Å². The van der Waals surface area contributed by atoms with Gasteiger partial charge in [0.2, 0.25) is 0 Å². The van der Waals surface area contributed by atoms with Crippen molar-refractivity contribution in [3.05, 3.63) is 88.9 Å². The molecule has 0 atom stereocenters. The van der Waals surface area contributed by atoms with E-state index in [1.807, 2.05) is 42.5 Å². The van der Waals surface area contributed by atoms with Gasteiger partial charge in [-0.3, -0.25) is 9.59 Å². The first-order chi connectivity index (χ1) is 14.5. The zero-order chi connectivity index (χ0) is 21.5. The van der Waals surface area contributed by atoms with Crippen LogP contribution in [0.4, 0.5) is 0 Å². The lowest BCUT2D eigenvalue weighted by molar-refractivity contribution is -0.137. The Morgan fingerprint density at radius 1 is 1.00 bits per heavy atom. The van der Waals surface area contributed by atoms with E-state index >= 15 is 0 Å². The summed E-state index contributed by atoms with van der Waals surface area (Å²) in [7, 11) is 1.60. The number of carboxylic acids is 1. The van der Waals surface area contributed by atoms with Gasteiger partial charge in [0.1, 0.15) is 12.3 Å². The van der Waals surface area contributed by atoms with E-state index in [2.05, 4.69) is 0 Å². The lowest BCUT2D eigenvalue weighted by atomic mass is 10.0. The maximum Gasteiger partial charge on any atom is 0.323 e. The second-order valence-corrected chi connectivity index (χ2v) is 7.21. The van der Waals surface area contributed by atoms with E-state index in [1.165, 1.54) is 4.90 Å². The zero-order valence-corrected chi connectivity index (χ0v) is 17.3. The predicted octanol–water partition coefficient (Wildman–Crippen LogP) is 4.79. The Bertz CT molecular complexity index is 1030. The van der Waals surface area contributed by atoms with Crippen LogP contribution in [-0.4, -0.2) is 42.1 Å². The van der Waals surface area contributed by atoms with E-state index < -0.39 is 5.97 Å². The minimum absolute atomic E-state index is 0.283. The van der Waals surface area contributed by atoms with E-state index in [-0.39, 0.29) is 19.0 Å². The molecule has 3 aromatic rings. The van der Waals surface area contributed by atoms with Gasteiger partial charge in [-0.15, -0.1) is 0 Å². The number of carbonyl (C=O) groups is 2. The normalized spacial score (nSPS) is 10.5. The molecule has 1 N–H and O–H groups in total. The molecule has 0 aliphatic heterocycles. The summed E-state index contributed by atoms with van der Waals surface area (Å²) < 4.78 is 5.41. The summed E-state index contributed by atoms with van der Waals surface area (Å²) in [5, 5.41) is 9.92. The van der Waals surface area contributed by atoms with Gasteiger partial charge in [-0.05, 0) is 47.9 Å². The summed E-state index contributed by atoms with van der Waals surface area (Å²) in [5.74, 6) is -0.685. The summed E-state index contributed by atoms with van der Waals surface area (Å²) in [6.07, 6.45) is 0.530. The number of carboxylic acid groups (broad SMARTS) is 1. The van der Waals surface area contributed by atoms with Gasteiger partial charge in [0.05, 0.1) is 7.11 Å². The van der Waals surface area contributed by atoms with Gasteiger partial charge in [0.15, 0.2) is 0 Å². The second kappa shape index (κ2) is 9.94. The summed E-state index contributed by atoms with van der Waals surface area (Å²) in [6.45, 7) is -0.0863. The Hall–Kier alpha value is -3.31. The molecule has 3 rings (SSSR count). The molecular weight excluding hydrogens is 402 g/mol. The monoisotopic (exact) mass is 423 g/mol. The number of methoxy groups -OCH3 is 1. The predicted molar refractivity (Wildman–Crippen MR) is 117 cm³/mol. The zero-order valence-electron chi connectivity index (χ0n) is 16.5. The average molecular weight is 424 g/mol. The van der Waals surface area contributed by atoms with Gasteiger partial charge >= 0.3 is 5.97 Å². The standard InChI is InChI=1S/C24H22ClNO4/c1-30-22-8-3-2-7-21(22)18-5-4-6-19(15-18)24(29)26(16-23(27)28)14-13-17-9-11-20(25)12-10-17/h2-12,15H,13-14,16H2,1H3,(H,27,28). The molecule has 0 aliphatic carbocycles. The number of nitrogens with zero attached hydrogens (tertiary/aromatic N) is 1. The van der Waals surface area contributed by atoms with Crippen LogP contribution in [0.2, 0.25) is 5.02 Å².